The Bertz CT molecular complexity index is 308. The molecule has 2 saturated heterocycles. The van der Waals surface area contributed by atoms with Crippen LogP contribution >= 0.6 is 0 Å². The monoisotopic (exact) mass is 244 g/mol. The lowest BCUT2D eigenvalue weighted by atomic mass is 9.99. The van der Waals surface area contributed by atoms with E-state index < -0.39 is 11.5 Å². The standard InChI is InChI=1S/C10H16N2O5/c13-8(14)10(1-4-17-7-10)11-9(15)12-2-5-16-6-3-12/h1-7H2,(H,11,15)(H,13,14). The van der Waals surface area contributed by atoms with Crippen molar-refractivity contribution in [3.05, 3.63) is 0 Å². The summed E-state index contributed by atoms with van der Waals surface area (Å²) in [5.41, 5.74) is -1.27. The minimum atomic E-state index is -1.27. The zero-order valence-corrected chi connectivity index (χ0v) is 9.48. The summed E-state index contributed by atoms with van der Waals surface area (Å²) in [6.45, 7) is 2.34. The van der Waals surface area contributed by atoms with Crippen molar-refractivity contribution in [2.24, 2.45) is 0 Å². The van der Waals surface area contributed by atoms with Gasteiger partial charge in [-0.1, -0.05) is 0 Å². The number of morpholine rings is 1. The fourth-order valence-electron chi connectivity index (χ4n) is 1.94. The van der Waals surface area contributed by atoms with Gasteiger partial charge in [0, 0.05) is 26.1 Å². The Balaban J connectivity index is 1.98. The molecule has 2 rings (SSSR count). The van der Waals surface area contributed by atoms with Crippen molar-refractivity contribution in [3.8, 4) is 0 Å². The van der Waals surface area contributed by atoms with Gasteiger partial charge in [-0.25, -0.2) is 9.59 Å². The van der Waals surface area contributed by atoms with Crippen molar-refractivity contribution >= 4 is 12.0 Å². The van der Waals surface area contributed by atoms with E-state index in [-0.39, 0.29) is 12.6 Å². The Morgan fingerprint density at radius 2 is 1.88 bits per heavy atom. The first-order valence-corrected chi connectivity index (χ1v) is 5.60. The number of hydrogen-bond donors (Lipinski definition) is 2. The molecule has 2 fully saturated rings. The van der Waals surface area contributed by atoms with Gasteiger partial charge in [0.1, 0.15) is 0 Å². The molecule has 0 spiro atoms. The van der Waals surface area contributed by atoms with Gasteiger partial charge in [0.2, 0.25) is 0 Å². The van der Waals surface area contributed by atoms with Gasteiger partial charge in [-0.05, 0) is 0 Å². The molecule has 0 bridgehead atoms. The van der Waals surface area contributed by atoms with Gasteiger partial charge in [-0.2, -0.15) is 0 Å². The van der Waals surface area contributed by atoms with Crippen LogP contribution in [-0.4, -0.2) is 67.1 Å². The molecule has 96 valence electrons. The van der Waals surface area contributed by atoms with Crippen LogP contribution in [0.15, 0.2) is 0 Å². The number of carboxylic acid groups (broad SMARTS) is 1. The third-order valence-corrected chi connectivity index (χ3v) is 3.08. The number of ether oxygens (including phenoxy) is 2. The van der Waals surface area contributed by atoms with Crippen LogP contribution in [0.4, 0.5) is 4.79 Å². The van der Waals surface area contributed by atoms with E-state index in [9.17, 15) is 14.7 Å². The van der Waals surface area contributed by atoms with Gasteiger partial charge in [0.25, 0.3) is 0 Å². The fourth-order valence-corrected chi connectivity index (χ4v) is 1.94. The van der Waals surface area contributed by atoms with Gasteiger partial charge in [-0.3, -0.25) is 0 Å². The summed E-state index contributed by atoms with van der Waals surface area (Å²) < 4.78 is 10.2. The van der Waals surface area contributed by atoms with E-state index in [0.29, 0.717) is 39.3 Å². The first-order chi connectivity index (χ1) is 8.14. The number of hydrogen-bond acceptors (Lipinski definition) is 4. The number of carbonyl (C=O) groups is 2. The molecular weight excluding hydrogens is 228 g/mol. The third-order valence-electron chi connectivity index (χ3n) is 3.08. The van der Waals surface area contributed by atoms with Crippen LogP contribution in [0.5, 0.6) is 0 Å². The molecule has 7 heteroatoms. The van der Waals surface area contributed by atoms with Crippen LogP contribution in [-0.2, 0) is 14.3 Å². The molecule has 0 aromatic carbocycles. The number of rotatable bonds is 2. The third kappa shape index (κ3) is 2.50. The van der Waals surface area contributed by atoms with E-state index in [0.717, 1.165) is 0 Å². The van der Waals surface area contributed by atoms with Crippen molar-refractivity contribution in [2.45, 2.75) is 12.0 Å². The number of aliphatic carboxylic acids is 1. The van der Waals surface area contributed by atoms with Crippen LogP contribution in [0.25, 0.3) is 0 Å². The molecule has 0 aliphatic carbocycles. The molecule has 2 aliphatic heterocycles. The second-order valence-electron chi connectivity index (χ2n) is 4.22. The van der Waals surface area contributed by atoms with Gasteiger partial charge in [-0.15, -0.1) is 0 Å². The highest BCUT2D eigenvalue weighted by Gasteiger charge is 2.44. The number of carbonyl (C=O) groups excluding carboxylic acids is 1. The summed E-state index contributed by atoms with van der Waals surface area (Å²) in [5, 5.41) is 11.7. The maximum absolute atomic E-state index is 11.9. The van der Waals surface area contributed by atoms with Crippen molar-refractivity contribution in [2.75, 3.05) is 39.5 Å². The number of nitrogens with zero attached hydrogens (tertiary/aromatic N) is 1. The van der Waals surface area contributed by atoms with Gasteiger partial charge in [0.15, 0.2) is 5.54 Å². The molecule has 1 unspecified atom stereocenters. The van der Waals surface area contributed by atoms with E-state index in [4.69, 9.17) is 9.47 Å². The van der Waals surface area contributed by atoms with E-state index in [1.54, 1.807) is 4.90 Å². The number of urea groups is 1. The van der Waals surface area contributed by atoms with E-state index in [2.05, 4.69) is 5.32 Å². The Morgan fingerprint density at radius 3 is 2.41 bits per heavy atom. The molecule has 0 aromatic rings. The molecule has 2 N–H and O–H groups in total. The molecular formula is C10H16N2O5. The highest BCUT2D eigenvalue weighted by molar-refractivity contribution is 5.86. The van der Waals surface area contributed by atoms with Crippen molar-refractivity contribution in [1.82, 2.24) is 10.2 Å². The zero-order chi connectivity index (χ0) is 12.3. The van der Waals surface area contributed by atoms with Crippen LogP contribution in [0, 0.1) is 0 Å². The van der Waals surface area contributed by atoms with Gasteiger partial charge >= 0.3 is 12.0 Å². The van der Waals surface area contributed by atoms with Crippen molar-refractivity contribution in [1.29, 1.82) is 0 Å². The molecule has 1 atom stereocenters. The van der Waals surface area contributed by atoms with Crippen LogP contribution in [0.2, 0.25) is 0 Å². The first kappa shape index (κ1) is 12.1. The summed E-state index contributed by atoms with van der Waals surface area (Å²) in [5.74, 6) is -1.04. The maximum atomic E-state index is 11.9. The Labute approximate surface area is 98.7 Å². The average molecular weight is 244 g/mol. The molecule has 2 amide bonds. The largest absolute Gasteiger partial charge is 0.479 e. The van der Waals surface area contributed by atoms with Gasteiger partial charge in [0.05, 0.1) is 19.8 Å². The first-order valence-electron chi connectivity index (χ1n) is 5.60. The lowest BCUT2D eigenvalue weighted by Gasteiger charge is -2.31. The fraction of sp³-hybridized carbons (Fsp3) is 0.800. The molecule has 2 heterocycles. The molecule has 7 nitrogen and oxygen atoms in total. The molecule has 2 aliphatic rings. The van der Waals surface area contributed by atoms with Gasteiger partial charge < -0.3 is 24.8 Å². The normalized spacial score (nSPS) is 29.1. The smallest absolute Gasteiger partial charge is 0.332 e. The number of carboxylic acids is 1. The summed E-state index contributed by atoms with van der Waals surface area (Å²) in [4.78, 5) is 24.7. The maximum Gasteiger partial charge on any atom is 0.332 e. The SMILES string of the molecule is O=C(NC1(C(=O)O)CCOC1)N1CCOCC1. The van der Waals surface area contributed by atoms with E-state index in [1.807, 2.05) is 0 Å². The lowest BCUT2D eigenvalue weighted by molar-refractivity contribution is -0.144. The summed E-state index contributed by atoms with van der Waals surface area (Å²) in [6, 6.07) is -0.360. The molecule has 0 saturated carbocycles. The summed E-state index contributed by atoms with van der Waals surface area (Å²) in [7, 11) is 0. The minimum Gasteiger partial charge on any atom is -0.479 e. The summed E-state index contributed by atoms with van der Waals surface area (Å²) >= 11 is 0. The number of nitrogens with one attached hydrogen (secondary N) is 1. The van der Waals surface area contributed by atoms with Crippen LogP contribution in [0.1, 0.15) is 6.42 Å². The van der Waals surface area contributed by atoms with Crippen LogP contribution in [0.3, 0.4) is 0 Å². The molecule has 0 aromatic heterocycles. The van der Waals surface area contributed by atoms with Crippen LogP contribution < -0.4 is 5.32 Å². The average Bonchev–Trinajstić information content (AvgIpc) is 2.80. The zero-order valence-electron chi connectivity index (χ0n) is 9.48. The minimum absolute atomic E-state index is 0.0262. The quantitative estimate of drug-likeness (QED) is 0.668. The topological polar surface area (TPSA) is 88.1 Å². The van der Waals surface area contributed by atoms with E-state index >= 15 is 0 Å². The van der Waals surface area contributed by atoms with E-state index in [1.165, 1.54) is 0 Å². The summed E-state index contributed by atoms with van der Waals surface area (Å²) in [6.07, 6.45) is 0.304. The number of amides is 2. The Hall–Kier alpha value is -1.34. The Kier molecular flexibility index (Phi) is 3.49. The Morgan fingerprint density at radius 1 is 1.18 bits per heavy atom. The van der Waals surface area contributed by atoms with Crippen molar-refractivity contribution < 1.29 is 24.2 Å². The predicted octanol–water partition coefficient (Wildman–Crippen LogP) is -0.728. The molecule has 17 heavy (non-hydrogen) atoms. The predicted molar refractivity (Wildman–Crippen MR) is 56.7 cm³/mol. The highest BCUT2D eigenvalue weighted by atomic mass is 16.5. The second-order valence-corrected chi connectivity index (χ2v) is 4.22. The highest BCUT2D eigenvalue weighted by Crippen LogP contribution is 2.19. The molecule has 0 radical (unpaired) electrons. The second kappa shape index (κ2) is 4.89. The lowest BCUT2D eigenvalue weighted by Crippen LogP contribution is -2.59. The van der Waals surface area contributed by atoms with Crippen molar-refractivity contribution in [3.63, 3.8) is 0 Å².